The standard InChI is InChI=1S/C12H20N4/c1-13-12-8-11(14-9-15-12)7-10-3-5-16(2)6-4-10/h8-10H,3-7H2,1-2H3,(H,13,14,15). The molecule has 0 aliphatic carbocycles. The van der Waals surface area contributed by atoms with E-state index in [9.17, 15) is 0 Å². The Kier molecular flexibility index (Phi) is 3.72. The Morgan fingerprint density at radius 3 is 2.81 bits per heavy atom. The van der Waals surface area contributed by atoms with E-state index in [1.165, 1.54) is 25.9 Å². The summed E-state index contributed by atoms with van der Waals surface area (Å²) in [4.78, 5) is 10.9. The highest BCUT2D eigenvalue weighted by Gasteiger charge is 2.17. The van der Waals surface area contributed by atoms with Gasteiger partial charge in [0.05, 0.1) is 0 Å². The van der Waals surface area contributed by atoms with Crippen molar-refractivity contribution in [3.8, 4) is 0 Å². The van der Waals surface area contributed by atoms with Crippen LogP contribution >= 0.6 is 0 Å². The number of nitrogens with zero attached hydrogens (tertiary/aromatic N) is 3. The van der Waals surface area contributed by atoms with Crippen molar-refractivity contribution in [1.82, 2.24) is 14.9 Å². The zero-order chi connectivity index (χ0) is 11.4. The first-order chi connectivity index (χ1) is 7.78. The number of hydrogen-bond acceptors (Lipinski definition) is 4. The van der Waals surface area contributed by atoms with Crippen LogP contribution < -0.4 is 5.32 Å². The van der Waals surface area contributed by atoms with Crippen LogP contribution in [0.15, 0.2) is 12.4 Å². The van der Waals surface area contributed by atoms with Crippen LogP contribution in [0.4, 0.5) is 5.82 Å². The predicted molar refractivity (Wildman–Crippen MR) is 65.5 cm³/mol. The average molecular weight is 220 g/mol. The zero-order valence-electron chi connectivity index (χ0n) is 10.1. The van der Waals surface area contributed by atoms with Gasteiger partial charge in [-0.3, -0.25) is 0 Å². The fourth-order valence-electron chi connectivity index (χ4n) is 2.21. The van der Waals surface area contributed by atoms with E-state index in [4.69, 9.17) is 0 Å². The summed E-state index contributed by atoms with van der Waals surface area (Å²) in [5.74, 6) is 1.70. The van der Waals surface area contributed by atoms with E-state index in [2.05, 4.69) is 33.3 Å². The van der Waals surface area contributed by atoms with Crippen molar-refractivity contribution in [2.75, 3.05) is 32.5 Å². The van der Waals surface area contributed by atoms with Crippen molar-refractivity contribution in [2.24, 2.45) is 5.92 Å². The van der Waals surface area contributed by atoms with Crippen molar-refractivity contribution in [2.45, 2.75) is 19.3 Å². The van der Waals surface area contributed by atoms with Gasteiger partial charge in [-0.05, 0) is 45.3 Å². The number of hydrogen-bond donors (Lipinski definition) is 1. The minimum absolute atomic E-state index is 0.788. The summed E-state index contributed by atoms with van der Waals surface area (Å²) in [6, 6.07) is 2.05. The van der Waals surface area contributed by atoms with Gasteiger partial charge in [-0.15, -0.1) is 0 Å². The first-order valence-electron chi connectivity index (χ1n) is 5.95. The van der Waals surface area contributed by atoms with Crippen molar-refractivity contribution >= 4 is 5.82 Å². The normalized spacial score (nSPS) is 18.6. The molecule has 4 nitrogen and oxygen atoms in total. The molecule has 16 heavy (non-hydrogen) atoms. The number of anilines is 1. The van der Waals surface area contributed by atoms with Gasteiger partial charge in [0, 0.05) is 18.8 Å². The molecule has 1 fully saturated rings. The highest BCUT2D eigenvalue weighted by Crippen LogP contribution is 2.20. The third-order valence-electron chi connectivity index (χ3n) is 3.32. The summed E-state index contributed by atoms with van der Waals surface area (Å²) in [6.45, 7) is 2.43. The Morgan fingerprint density at radius 2 is 2.12 bits per heavy atom. The second-order valence-electron chi connectivity index (χ2n) is 4.60. The SMILES string of the molecule is CNc1cc(CC2CCN(C)CC2)ncn1. The fourth-order valence-corrected chi connectivity index (χ4v) is 2.21. The molecule has 4 heteroatoms. The molecule has 1 saturated heterocycles. The third-order valence-corrected chi connectivity index (χ3v) is 3.32. The van der Waals surface area contributed by atoms with Crippen LogP contribution in [0.3, 0.4) is 0 Å². The van der Waals surface area contributed by atoms with Crippen LogP contribution in [-0.2, 0) is 6.42 Å². The Balaban J connectivity index is 1.93. The molecule has 2 heterocycles. The molecule has 1 aliphatic rings. The van der Waals surface area contributed by atoms with Crippen molar-refractivity contribution in [1.29, 1.82) is 0 Å². The highest BCUT2D eigenvalue weighted by molar-refractivity contribution is 5.33. The van der Waals surface area contributed by atoms with Gasteiger partial charge in [0.2, 0.25) is 0 Å². The van der Waals surface area contributed by atoms with Crippen LogP contribution in [0.5, 0.6) is 0 Å². The van der Waals surface area contributed by atoms with Gasteiger partial charge < -0.3 is 10.2 Å². The Hall–Kier alpha value is -1.16. The van der Waals surface area contributed by atoms with Gasteiger partial charge in [0.15, 0.2) is 0 Å². The summed E-state index contributed by atoms with van der Waals surface area (Å²) in [6.07, 6.45) is 5.31. The maximum atomic E-state index is 4.34. The molecule has 1 aromatic rings. The molecule has 0 saturated carbocycles. The topological polar surface area (TPSA) is 41.0 Å². The molecule has 1 N–H and O–H groups in total. The van der Waals surface area contributed by atoms with E-state index in [-0.39, 0.29) is 0 Å². The summed E-state index contributed by atoms with van der Waals surface area (Å²) in [5.41, 5.74) is 1.16. The quantitative estimate of drug-likeness (QED) is 0.836. The Bertz CT molecular complexity index is 332. The largest absolute Gasteiger partial charge is 0.373 e. The van der Waals surface area contributed by atoms with E-state index in [1.807, 2.05) is 7.05 Å². The molecule has 0 bridgehead atoms. The van der Waals surface area contributed by atoms with E-state index in [1.54, 1.807) is 6.33 Å². The Labute approximate surface area is 97.1 Å². The minimum Gasteiger partial charge on any atom is -0.373 e. The lowest BCUT2D eigenvalue weighted by Gasteiger charge is -2.28. The van der Waals surface area contributed by atoms with Gasteiger partial charge in [0.1, 0.15) is 12.1 Å². The van der Waals surface area contributed by atoms with Gasteiger partial charge in [-0.1, -0.05) is 0 Å². The van der Waals surface area contributed by atoms with Crippen LogP contribution in [0.1, 0.15) is 18.5 Å². The van der Waals surface area contributed by atoms with Crippen molar-refractivity contribution < 1.29 is 0 Å². The van der Waals surface area contributed by atoms with E-state index in [0.29, 0.717) is 0 Å². The Morgan fingerprint density at radius 1 is 1.38 bits per heavy atom. The zero-order valence-corrected chi connectivity index (χ0v) is 10.1. The van der Waals surface area contributed by atoms with Crippen LogP contribution in [-0.4, -0.2) is 42.1 Å². The number of likely N-dealkylation sites (tertiary alicyclic amines) is 1. The molecule has 88 valence electrons. The van der Waals surface area contributed by atoms with Crippen LogP contribution in [0, 0.1) is 5.92 Å². The molecule has 0 radical (unpaired) electrons. The molecular formula is C12H20N4. The molecule has 0 spiro atoms. The van der Waals surface area contributed by atoms with E-state index >= 15 is 0 Å². The molecule has 2 rings (SSSR count). The fraction of sp³-hybridized carbons (Fsp3) is 0.667. The van der Waals surface area contributed by atoms with Gasteiger partial charge >= 0.3 is 0 Å². The third kappa shape index (κ3) is 2.92. The lowest BCUT2D eigenvalue weighted by atomic mass is 9.92. The van der Waals surface area contributed by atoms with E-state index in [0.717, 1.165) is 23.9 Å². The average Bonchev–Trinajstić information content (AvgIpc) is 2.32. The van der Waals surface area contributed by atoms with Crippen LogP contribution in [0.25, 0.3) is 0 Å². The minimum atomic E-state index is 0.788. The summed E-state index contributed by atoms with van der Waals surface area (Å²) >= 11 is 0. The van der Waals surface area contributed by atoms with Gasteiger partial charge in [-0.25, -0.2) is 9.97 Å². The molecule has 1 aliphatic heterocycles. The molecule has 1 aromatic heterocycles. The predicted octanol–water partition coefficient (Wildman–Crippen LogP) is 1.40. The van der Waals surface area contributed by atoms with E-state index < -0.39 is 0 Å². The lowest BCUT2D eigenvalue weighted by Crippen LogP contribution is -2.31. The summed E-state index contributed by atoms with van der Waals surface area (Å²) in [7, 11) is 4.09. The molecule has 0 amide bonds. The summed E-state index contributed by atoms with van der Waals surface area (Å²) < 4.78 is 0. The molecule has 0 atom stereocenters. The van der Waals surface area contributed by atoms with Gasteiger partial charge in [-0.2, -0.15) is 0 Å². The maximum absolute atomic E-state index is 4.34. The first-order valence-corrected chi connectivity index (χ1v) is 5.95. The number of piperidine rings is 1. The summed E-state index contributed by atoms with van der Waals surface area (Å²) in [5, 5.41) is 3.05. The molecular weight excluding hydrogens is 200 g/mol. The van der Waals surface area contributed by atoms with Crippen LogP contribution in [0.2, 0.25) is 0 Å². The van der Waals surface area contributed by atoms with Gasteiger partial charge in [0.25, 0.3) is 0 Å². The first kappa shape index (κ1) is 11.3. The smallest absolute Gasteiger partial charge is 0.129 e. The molecule has 0 unspecified atom stereocenters. The lowest BCUT2D eigenvalue weighted by molar-refractivity contribution is 0.218. The second kappa shape index (κ2) is 5.25. The number of rotatable bonds is 3. The monoisotopic (exact) mass is 220 g/mol. The maximum Gasteiger partial charge on any atom is 0.129 e. The van der Waals surface area contributed by atoms with Crippen molar-refractivity contribution in [3.63, 3.8) is 0 Å². The van der Waals surface area contributed by atoms with Crippen molar-refractivity contribution in [3.05, 3.63) is 18.1 Å². The number of nitrogens with one attached hydrogen (secondary N) is 1. The highest BCUT2D eigenvalue weighted by atomic mass is 15.1. The second-order valence-corrected chi connectivity index (χ2v) is 4.60. The number of aromatic nitrogens is 2. The molecule has 0 aromatic carbocycles.